The highest BCUT2D eigenvalue weighted by Gasteiger charge is 2.21. The van der Waals surface area contributed by atoms with Crippen LogP contribution < -0.4 is 5.32 Å². The lowest BCUT2D eigenvalue weighted by Gasteiger charge is -2.05. The lowest BCUT2D eigenvalue weighted by Crippen LogP contribution is -2.19. The summed E-state index contributed by atoms with van der Waals surface area (Å²) in [7, 11) is 1.40. The quantitative estimate of drug-likeness (QED) is 0.880. The molecular formula is C16H18ClN3O2. The molecule has 0 amide bonds. The number of fused-ring (bicyclic) bond motifs is 1. The maximum absolute atomic E-state index is 11.6. The van der Waals surface area contributed by atoms with E-state index in [0.717, 1.165) is 42.9 Å². The Kier molecular flexibility index (Phi) is 4.45. The zero-order valence-corrected chi connectivity index (χ0v) is 13.2. The number of nitrogens with one attached hydrogen (secondary N) is 1. The zero-order chi connectivity index (χ0) is 15.5. The van der Waals surface area contributed by atoms with Gasteiger partial charge in [-0.15, -0.1) is 0 Å². The van der Waals surface area contributed by atoms with E-state index in [-0.39, 0.29) is 12.5 Å². The molecule has 1 aliphatic rings. The molecule has 0 saturated heterocycles. The molecule has 0 radical (unpaired) electrons. The maximum Gasteiger partial charge on any atom is 0.327 e. The smallest absolute Gasteiger partial charge is 0.327 e. The lowest BCUT2D eigenvalue weighted by molar-refractivity contribution is -0.141. The number of benzene rings is 1. The molecule has 0 atom stereocenters. The molecule has 0 saturated carbocycles. The van der Waals surface area contributed by atoms with E-state index in [0.29, 0.717) is 5.02 Å². The van der Waals surface area contributed by atoms with Gasteiger partial charge < -0.3 is 10.1 Å². The first-order chi connectivity index (χ1) is 10.7. The normalized spacial score (nSPS) is 14.3. The van der Waals surface area contributed by atoms with Crippen molar-refractivity contribution in [2.24, 2.45) is 0 Å². The topological polar surface area (TPSA) is 56.2 Å². The Morgan fingerprint density at radius 3 is 2.77 bits per heavy atom. The van der Waals surface area contributed by atoms with Gasteiger partial charge in [0, 0.05) is 34.8 Å². The number of esters is 1. The van der Waals surface area contributed by atoms with Gasteiger partial charge in [-0.2, -0.15) is 5.10 Å². The number of halogens is 1. The summed E-state index contributed by atoms with van der Waals surface area (Å²) in [5, 5.41) is 8.75. The SMILES string of the molecule is COC(=O)Cn1nc(-c2ccc(Cl)cc2)c2c1CCNCC2. The van der Waals surface area contributed by atoms with E-state index in [9.17, 15) is 4.79 Å². The summed E-state index contributed by atoms with van der Waals surface area (Å²) >= 11 is 5.96. The summed E-state index contributed by atoms with van der Waals surface area (Å²) in [4.78, 5) is 11.6. The second-order valence-electron chi connectivity index (χ2n) is 5.26. The van der Waals surface area contributed by atoms with Gasteiger partial charge in [0.15, 0.2) is 0 Å². The molecule has 1 aliphatic heterocycles. The molecule has 0 aliphatic carbocycles. The van der Waals surface area contributed by atoms with Gasteiger partial charge in [0.2, 0.25) is 0 Å². The number of carbonyl (C=O) groups is 1. The molecule has 2 aromatic rings. The largest absolute Gasteiger partial charge is 0.468 e. The minimum Gasteiger partial charge on any atom is -0.468 e. The van der Waals surface area contributed by atoms with Gasteiger partial charge in [-0.3, -0.25) is 9.48 Å². The summed E-state index contributed by atoms with van der Waals surface area (Å²) in [6.45, 7) is 1.95. The van der Waals surface area contributed by atoms with Gasteiger partial charge >= 0.3 is 5.97 Å². The fraction of sp³-hybridized carbons (Fsp3) is 0.375. The first kappa shape index (κ1) is 15.1. The van der Waals surface area contributed by atoms with Gasteiger partial charge in [-0.05, 0) is 25.1 Å². The Morgan fingerprint density at radius 2 is 2.05 bits per heavy atom. The number of nitrogens with zero attached hydrogens (tertiary/aromatic N) is 2. The number of rotatable bonds is 3. The Hall–Kier alpha value is -1.85. The second-order valence-corrected chi connectivity index (χ2v) is 5.70. The summed E-state index contributed by atoms with van der Waals surface area (Å²) in [6, 6.07) is 7.65. The van der Waals surface area contributed by atoms with Gasteiger partial charge in [0.1, 0.15) is 6.54 Å². The van der Waals surface area contributed by atoms with Crippen LogP contribution in [-0.4, -0.2) is 35.9 Å². The molecule has 1 aromatic heterocycles. The summed E-state index contributed by atoms with van der Waals surface area (Å²) in [5.41, 5.74) is 4.27. The first-order valence-electron chi connectivity index (χ1n) is 7.31. The molecule has 0 fully saturated rings. The van der Waals surface area contributed by atoms with Crippen molar-refractivity contribution in [2.45, 2.75) is 19.4 Å². The van der Waals surface area contributed by atoms with Crippen LogP contribution in [0.2, 0.25) is 5.02 Å². The fourth-order valence-electron chi connectivity index (χ4n) is 2.78. The highest BCUT2D eigenvalue weighted by Crippen LogP contribution is 2.28. The van der Waals surface area contributed by atoms with Crippen LogP contribution in [0.4, 0.5) is 0 Å². The number of aromatic nitrogens is 2. The summed E-state index contributed by atoms with van der Waals surface area (Å²) < 4.78 is 6.55. The number of carbonyl (C=O) groups excluding carboxylic acids is 1. The van der Waals surface area contributed by atoms with E-state index in [2.05, 4.69) is 10.4 Å². The van der Waals surface area contributed by atoms with Crippen LogP contribution in [0.3, 0.4) is 0 Å². The Labute approximate surface area is 134 Å². The monoisotopic (exact) mass is 319 g/mol. The van der Waals surface area contributed by atoms with E-state index in [1.807, 2.05) is 24.3 Å². The third-order valence-electron chi connectivity index (χ3n) is 3.88. The van der Waals surface area contributed by atoms with Crippen molar-refractivity contribution >= 4 is 17.6 Å². The Balaban J connectivity index is 2.05. The van der Waals surface area contributed by atoms with Crippen molar-refractivity contribution < 1.29 is 9.53 Å². The molecule has 0 unspecified atom stereocenters. The first-order valence-corrected chi connectivity index (χ1v) is 7.69. The molecule has 1 N–H and O–H groups in total. The minimum absolute atomic E-state index is 0.145. The molecular weight excluding hydrogens is 302 g/mol. The van der Waals surface area contributed by atoms with Gasteiger partial charge in [0.05, 0.1) is 12.8 Å². The van der Waals surface area contributed by atoms with Crippen molar-refractivity contribution in [3.63, 3.8) is 0 Å². The molecule has 5 nitrogen and oxygen atoms in total. The fourth-order valence-corrected chi connectivity index (χ4v) is 2.91. The molecule has 1 aromatic carbocycles. The Bertz CT molecular complexity index is 679. The third kappa shape index (κ3) is 3.00. The van der Waals surface area contributed by atoms with Crippen LogP contribution in [-0.2, 0) is 28.9 Å². The Morgan fingerprint density at radius 1 is 1.32 bits per heavy atom. The number of ether oxygens (including phenoxy) is 1. The number of hydrogen-bond acceptors (Lipinski definition) is 4. The van der Waals surface area contributed by atoms with Crippen molar-refractivity contribution in [3.8, 4) is 11.3 Å². The van der Waals surface area contributed by atoms with Crippen LogP contribution in [0.25, 0.3) is 11.3 Å². The van der Waals surface area contributed by atoms with E-state index < -0.39 is 0 Å². The van der Waals surface area contributed by atoms with E-state index in [1.54, 1.807) is 4.68 Å². The zero-order valence-electron chi connectivity index (χ0n) is 12.4. The average Bonchev–Trinajstić information content (AvgIpc) is 2.72. The van der Waals surface area contributed by atoms with Crippen molar-refractivity contribution in [3.05, 3.63) is 40.5 Å². The van der Waals surface area contributed by atoms with E-state index >= 15 is 0 Å². The predicted octanol–water partition coefficient (Wildman–Crippen LogP) is 2.06. The summed E-state index contributed by atoms with van der Waals surface area (Å²) in [6.07, 6.45) is 1.75. The van der Waals surface area contributed by atoms with E-state index in [4.69, 9.17) is 16.3 Å². The van der Waals surface area contributed by atoms with Crippen LogP contribution in [0.15, 0.2) is 24.3 Å². The molecule has 22 heavy (non-hydrogen) atoms. The number of methoxy groups -OCH3 is 1. The standard InChI is InChI=1S/C16H18ClN3O2/c1-22-15(21)10-20-14-7-9-18-8-6-13(14)16(19-20)11-2-4-12(17)5-3-11/h2-5,18H,6-10H2,1H3. The van der Waals surface area contributed by atoms with Crippen molar-refractivity contribution in [2.75, 3.05) is 20.2 Å². The molecule has 2 heterocycles. The molecule has 3 rings (SSSR count). The lowest BCUT2D eigenvalue weighted by atomic mass is 10.0. The van der Waals surface area contributed by atoms with Crippen LogP contribution >= 0.6 is 11.6 Å². The predicted molar refractivity (Wildman–Crippen MR) is 85.0 cm³/mol. The maximum atomic E-state index is 11.6. The van der Waals surface area contributed by atoms with Gasteiger partial charge in [-0.1, -0.05) is 23.7 Å². The third-order valence-corrected chi connectivity index (χ3v) is 4.13. The van der Waals surface area contributed by atoms with E-state index in [1.165, 1.54) is 12.7 Å². The molecule has 6 heteroatoms. The minimum atomic E-state index is -0.287. The molecule has 0 bridgehead atoms. The van der Waals surface area contributed by atoms with Crippen molar-refractivity contribution in [1.29, 1.82) is 0 Å². The van der Waals surface area contributed by atoms with Crippen molar-refractivity contribution in [1.82, 2.24) is 15.1 Å². The van der Waals surface area contributed by atoms with Crippen LogP contribution in [0, 0.1) is 0 Å². The highest BCUT2D eigenvalue weighted by atomic mass is 35.5. The average molecular weight is 320 g/mol. The van der Waals surface area contributed by atoms with Crippen LogP contribution in [0.5, 0.6) is 0 Å². The van der Waals surface area contributed by atoms with Crippen LogP contribution in [0.1, 0.15) is 11.3 Å². The number of hydrogen-bond donors (Lipinski definition) is 1. The highest BCUT2D eigenvalue weighted by molar-refractivity contribution is 6.30. The van der Waals surface area contributed by atoms with Gasteiger partial charge in [-0.25, -0.2) is 0 Å². The second kappa shape index (κ2) is 6.50. The molecule has 0 spiro atoms. The molecule has 116 valence electrons. The summed E-state index contributed by atoms with van der Waals surface area (Å²) in [5.74, 6) is -0.287. The van der Waals surface area contributed by atoms with Gasteiger partial charge in [0.25, 0.3) is 0 Å².